The van der Waals surface area contributed by atoms with Gasteiger partial charge in [0.15, 0.2) is 0 Å². The van der Waals surface area contributed by atoms with Gasteiger partial charge in [-0.3, -0.25) is 9.69 Å². The van der Waals surface area contributed by atoms with E-state index in [4.69, 9.17) is 5.73 Å². The van der Waals surface area contributed by atoms with Crippen molar-refractivity contribution >= 4 is 45.1 Å². The van der Waals surface area contributed by atoms with Crippen LogP contribution < -0.4 is 16.0 Å². The van der Waals surface area contributed by atoms with E-state index < -0.39 is 6.09 Å². The van der Waals surface area contributed by atoms with Gasteiger partial charge in [-0.15, -0.1) is 11.3 Å². The third-order valence-corrected chi connectivity index (χ3v) is 8.01. The van der Waals surface area contributed by atoms with E-state index >= 15 is 4.39 Å². The van der Waals surface area contributed by atoms with Crippen LogP contribution in [0, 0.1) is 12.7 Å². The van der Waals surface area contributed by atoms with Crippen LogP contribution in [0.1, 0.15) is 46.6 Å². The second-order valence-corrected chi connectivity index (χ2v) is 10.3. The molecule has 2 bridgehead atoms. The molecule has 2 aliphatic heterocycles. The molecule has 1 aromatic carbocycles. The Morgan fingerprint density at radius 1 is 1.31 bits per heavy atom. The standard InChI is InChI=1S/C24H27FN6O3S/c1-12(8-28-22(32)21-19(26)20-23(35-21)29-13(2)9-27-20)14-3-6-18(17(25)7-14)30-10-15-4-5-16(11-30)31(15)24(33)34/h3,6-7,9,12,15-16H,4-5,8,10-11,26H2,1-2H3,(H,28,32)(H,33,34)/t12-,15?,16?/m1/s1. The zero-order valence-electron chi connectivity index (χ0n) is 19.5. The number of nitrogen functional groups attached to an aromatic ring is 1. The van der Waals surface area contributed by atoms with Crippen LogP contribution in [0.5, 0.6) is 0 Å². The Morgan fingerprint density at radius 3 is 2.69 bits per heavy atom. The normalized spacial score (nSPS) is 20.3. The minimum Gasteiger partial charge on any atom is -0.465 e. The first-order valence-corrected chi connectivity index (χ1v) is 12.4. The molecule has 5 rings (SSSR count). The molecule has 184 valence electrons. The third kappa shape index (κ3) is 4.24. The number of carbonyl (C=O) groups is 2. The molecule has 2 amide bonds. The van der Waals surface area contributed by atoms with E-state index in [0.29, 0.717) is 46.2 Å². The van der Waals surface area contributed by atoms with Gasteiger partial charge in [0.05, 0.1) is 29.2 Å². The van der Waals surface area contributed by atoms with Crippen molar-refractivity contribution in [1.82, 2.24) is 20.2 Å². The summed E-state index contributed by atoms with van der Waals surface area (Å²) in [6, 6.07) is 4.92. The number of hydrogen-bond donors (Lipinski definition) is 3. The molecule has 2 aliphatic rings. The van der Waals surface area contributed by atoms with Crippen LogP contribution in [0.4, 0.5) is 20.6 Å². The van der Waals surface area contributed by atoms with Crippen molar-refractivity contribution in [2.24, 2.45) is 0 Å². The van der Waals surface area contributed by atoms with Crippen LogP contribution in [0.3, 0.4) is 0 Å². The van der Waals surface area contributed by atoms with Crippen LogP contribution in [0.2, 0.25) is 0 Å². The SMILES string of the molecule is Cc1cnc2c(N)c(C(=O)NC[C@@H](C)c3ccc(N4CC5CCC(C4)N5C(=O)O)c(F)c3)sc2n1. The highest BCUT2D eigenvalue weighted by molar-refractivity contribution is 7.21. The Kier molecular flexibility index (Phi) is 5.96. The number of aryl methyl sites for hydroxylation is 1. The fraction of sp³-hybridized carbons (Fsp3) is 0.417. The van der Waals surface area contributed by atoms with Gasteiger partial charge in [0, 0.05) is 25.8 Å². The molecule has 2 aromatic heterocycles. The van der Waals surface area contributed by atoms with Gasteiger partial charge >= 0.3 is 6.09 Å². The molecule has 4 N–H and O–H groups in total. The summed E-state index contributed by atoms with van der Waals surface area (Å²) in [6.45, 7) is 5.04. The van der Waals surface area contributed by atoms with Gasteiger partial charge in [-0.1, -0.05) is 13.0 Å². The third-order valence-electron chi connectivity index (χ3n) is 6.92. The number of rotatable bonds is 5. The first-order valence-electron chi connectivity index (χ1n) is 11.6. The van der Waals surface area contributed by atoms with Crippen LogP contribution >= 0.6 is 11.3 Å². The number of halogens is 1. The topological polar surface area (TPSA) is 125 Å². The Hall–Kier alpha value is -3.47. The highest BCUT2D eigenvalue weighted by atomic mass is 32.1. The predicted octanol–water partition coefficient (Wildman–Crippen LogP) is 3.59. The zero-order valence-corrected chi connectivity index (χ0v) is 20.3. The van der Waals surface area contributed by atoms with Crippen molar-refractivity contribution in [3.05, 3.63) is 46.3 Å². The largest absolute Gasteiger partial charge is 0.465 e. The summed E-state index contributed by atoms with van der Waals surface area (Å²) in [4.78, 5) is 37.4. The average Bonchev–Trinajstić information content (AvgIpc) is 3.29. The van der Waals surface area contributed by atoms with E-state index in [1.54, 1.807) is 12.3 Å². The Bertz CT molecular complexity index is 1300. The first kappa shape index (κ1) is 23.3. The lowest BCUT2D eigenvalue weighted by atomic mass is 10.00. The van der Waals surface area contributed by atoms with E-state index in [1.807, 2.05) is 24.8 Å². The molecule has 0 spiro atoms. The highest BCUT2D eigenvalue weighted by Gasteiger charge is 2.43. The number of thiophene rings is 1. The molecule has 2 unspecified atom stereocenters. The molecule has 0 radical (unpaired) electrons. The van der Waals surface area contributed by atoms with E-state index in [2.05, 4.69) is 15.3 Å². The van der Waals surface area contributed by atoms with E-state index in [-0.39, 0.29) is 29.7 Å². The van der Waals surface area contributed by atoms with Crippen molar-refractivity contribution in [3.8, 4) is 0 Å². The van der Waals surface area contributed by atoms with Crippen molar-refractivity contribution in [2.45, 2.75) is 44.7 Å². The molecule has 0 saturated carbocycles. The number of aromatic nitrogens is 2. The monoisotopic (exact) mass is 498 g/mol. The molecule has 11 heteroatoms. The van der Waals surface area contributed by atoms with Gasteiger partial charge in [-0.25, -0.2) is 19.2 Å². The fourth-order valence-corrected chi connectivity index (χ4v) is 6.09. The number of nitrogens with one attached hydrogen (secondary N) is 1. The van der Waals surface area contributed by atoms with Crippen molar-refractivity contribution < 1.29 is 19.1 Å². The molecule has 9 nitrogen and oxygen atoms in total. The number of carbonyl (C=O) groups excluding carboxylic acids is 1. The van der Waals surface area contributed by atoms with E-state index in [0.717, 1.165) is 24.1 Å². The second-order valence-electron chi connectivity index (χ2n) is 9.31. The maximum Gasteiger partial charge on any atom is 0.407 e. The van der Waals surface area contributed by atoms with E-state index in [1.165, 1.54) is 22.3 Å². The maximum absolute atomic E-state index is 15.1. The van der Waals surface area contributed by atoms with Crippen molar-refractivity contribution in [3.63, 3.8) is 0 Å². The number of fused-ring (bicyclic) bond motifs is 3. The molecule has 3 atom stereocenters. The number of carboxylic acid groups (broad SMARTS) is 1. The molecule has 3 aromatic rings. The van der Waals surface area contributed by atoms with Gasteiger partial charge < -0.3 is 21.1 Å². The number of nitrogens with two attached hydrogens (primary N) is 1. The smallest absolute Gasteiger partial charge is 0.407 e. The number of piperazine rings is 1. The van der Waals surface area contributed by atoms with Crippen LogP contribution in [-0.4, -0.2) is 63.7 Å². The summed E-state index contributed by atoms with van der Waals surface area (Å²) >= 11 is 1.20. The van der Waals surface area contributed by atoms with Gasteiger partial charge in [0.1, 0.15) is 21.0 Å². The Balaban J connectivity index is 1.24. The quantitative estimate of drug-likeness (QED) is 0.491. The number of nitrogens with zero attached hydrogens (tertiary/aromatic N) is 4. The molecule has 2 saturated heterocycles. The number of amides is 2. The predicted molar refractivity (Wildman–Crippen MR) is 133 cm³/mol. The molecule has 4 heterocycles. The summed E-state index contributed by atoms with van der Waals surface area (Å²) < 4.78 is 15.1. The summed E-state index contributed by atoms with van der Waals surface area (Å²) in [5.41, 5.74) is 8.96. The minimum absolute atomic E-state index is 0.102. The zero-order chi connectivity index (χ0) is 24.9. The lowest BCUT2D eigenvalue weighted by molar-refractivity contribution is 0.0956. The Labute approximate surface area is 205 Å². The van der Waals surface area contributed by atoms with Crippen molar-refractivity contribution in [1.29, 1.82) is 0 Å². The van der Waals surface area contributed by atoms with Crippen LogP contribution in [0.15, 0.2) is 24.4 Å². The van der Waals surface area contributed by atoms with Gasteiger partial charge in [-0.05, 0) is 43.4 Å². The Morgan fingerprint density at radius 2 is 2.03 bits per heavy atom. The molecule has 2 fully saturated rings. The van der Waals surface area contributed by atoms with Crippen molar-refractivity contribution in [2.75, 3.05) is 30.3 Å². The van der Waals surface area contributed by atoms with E-state index in [9.17, 15) is 14.7 Å². The summed E-state index contributed by atoms with van der Waals surface area (Å²) in [5.74, 6) is -0.776. The summed E-state index contributed by atoms with van der Waals surface area (Å²) in [7, 11) is 0. The van der Waals surface area contributed by atoms with Gasteiger partial charge in [0.2, 0.25) is 0 Å². The second kappa shape index (κ2) is 8.95. The lowest BCUT2D eigenvalue weighted by Crippen LogP contribution is -2.55. The molecular weight excluding hydrogens is 471 g/mol. The van der Waals surface area contributed by atoms with Gasteiger partial charge in [-0.2, -0.15) is 0 Å². The van der Waals surface area contributed by atoms with Gasteiger partial charge in [0.25, 0.3) is 5.91 Å². The maximum atomic E-state index is 15.1. The van der Waals surface area contributed by atoms with Crippen LogP contribution in [-0.2, 0) is 0 Å². The summed E-state index contributed by atoms with van der Waals surface area (Å²) in [5, 5.41) is 12.3. The molecule has 0 aliphatic carbocycles. The highest BCUT2D eigenvalue weighted by Crippen LogP contribution is 2.35. The average molecular weight is 499 g/mol. The molecular formula is C24H27FN6O3S. The molecule has 35 heavy (non-hydrogen) atoms. The van der Waals surface area contributed by atoms with Crippen LogP contribution in [0.25, 0.3) is 10.3 Å². The fourth-order valence-electron chi connectivity index (χ4n) is 5.08. The summed E-state index contributed by atoms with van der Waals surface area (Å²) in [6.07, 6.45) is 2.33. The number of benzene rings is 1. The number of hydrogen-bond acceptors (Lipinski definition) is 7. The minimum atomic E-state index is -0.899. The first-order chi connectivity index (χ1) is 16.7. The lowest BCUT2D eigenvalue weighted by Gasteiger charge is -2.40. The number of anilines is 2.